The summed E-state index contributed by atoms with van der Waals surface area (Å²) in [5.41, 5.74) is 1.04. The van der Waals surface area contributed by atoms with Gasteiger partial charge in [-0.2, -0.15) is 0 Å². The molecule has 0 amide bonds. The number of rotatable bonds is 1. The smallest absolute Gasteiger partial charge is 0.139 e. The maximum Gasteiger partial charge on any atom is 0.139 e. The van der Waals surface area contributed by atoms with Crippen molar-refractivity contribution in [2.45, 2.75) is 19.8 Å². The minimum atomic E-state index is 0.762. The lowest BCUT2D eigenvalue weighted by molar-refractivity contribution is 0.445. The lowest BCUT2D eigenvalue weighted by atomic mass is 10.00. The van der Waals surface area contributed by atoms with Crippen molar-refractivity contribution in [1.29, 1.82) is 0 Å². The third kappa shape index (κ3) is 1.97. The molecule has 1 fully saturated rings. The number of para-hydroxylation sites is 1. The number of anilines is 1. The molecule has 0 N–H and O–H groups in total. The monoisotopic (exact) mass is 227 g/mol. The van der Waals surface area contributed by atoms with Crippen molar-refractivity contribution >= 4 is 16.7 Å². The van der Waals surface area contributed by atoms with Gasteiger partial charge in [-0.25, -0.2) is 9.97 Å². The molecule has 3 heteroatoms. The first-order valence-corrected chi connectivity index (χ1v) is 6.29. The molecule has 3 nitrogen and oxygen atoms in total. The summed E-state index contributed by atoms with van der Waals surface area (Å²) in [5.74, 6) is 1.86. The van der Waals surface area contributed by atoms with E-state index in [0.717, 1.165) is 30.3 Å². The Labute approximate surface area is 101 Å². The van der Waals surface area contributed by atoms with Gasteiger partial charge < -0.3 is 4.90 Å². The molecule has 17 heavy (non-hydrogen) atoms. The van der Waals surface area contributed by atoms with E-state index in [9.17, 15) is 0 Å². The van der Waals surface area contributed by atoms with Crippen LogP contribution in [0.25, 0.3) is 10.9 Å². The Hall–Kier alpha value is -1.64. The summed E-state index contributed by atoms with van der Waals surface area (Å²) in [6.07, 6.45) is 4.27. The molecular weight excluding hydrogens is 210 g/mol. The number of nitrogens with zero attached hydrogens (tertiary/aromatic N) is 3. The van der Waals surface area contributed by atoms with Crippen LogP contribution in [0.2, 0.25) is 0 Å². The summed E-state index contributed by atoms with van der Waals surface area (Å²) in [6.45, 7) is 4.54. The Morgan fingerprint density at radius 3 is 3.00 bits per heavy atom. The summed E-state index contributed by atoms with van der Waals surface area (Å²) in [6, 6.07) is 8.25. The Morgan fingerprint density at radius 2 is 2.12 bits per heavy atom. The second-order valence-corrected chi connectivity index (χ2v) is 4.91. The van der Waals surface area contributed by atoms with Crippen molar-refractivity contribution in [2.75, 3.05) is 18.0 Å². The third-order valence-corrected chi connectivity index (χ3v) is 3.48. The Morgan fingerprint density at radius 1 is 1.24 bits per heavy atom. The van der Waals surface area contributed by atoms with Crippen LogP contribution < -0.4 is 4.90 Å². The average molecular weight is 227 g/mol. The van der Waals surface area contributed by atoms with Crippen molar-refractivity contribution in [3.63, 3.8) is 0 Å². The maximum absolute atomic E-state index is 4.48. The fraction of sp³-hybridized carbons (Fsp3) is 0.429. The molecule has 2 aromatic rings. The highest BCUT2D eigenvalue weighted by Crippen LogP contribution is 2.26. The standard InChI is InChI=1S/C14H17N3/c1-11-5-4-8-17(9-11)14-12-6-2-3-7-13(12)15-10-16-14/h2-3,6-7,10-11H,4-5,8-9H2,1H3. The largest absolute Gasteiger partial charge is 0.356 e. The van der Waals surface area contributed by atoms with Crippen LogP contribution in [0.4, 0.5) is 5.82 Å². The van der Waals surface area contributed by atoms with E-state index >= 15 is 0 Å². The summed E-state index contributed by atoms with van der Waals surface area (Å²) in [4.78, 5) is 11.2. The van der Waals surface area contributed by atoms with E-state index in [1.165, 1.54) is 18.2 Å². The van der Waals surface area contributed by atoms with Crippen LogP contribution in [-0.4, -0.2) is 23.1 Å². The molecule has 1 saturated heterocycles. The first kappa shape index (κ1) is 10.5. The molecule has 88 valence electrons. The third-order valence-electron chi connectivity index (χ3n) is 3.48. The molecular formula is C14H17N3. The van der Waals surface area contributed by atoms with Crippen molar-refractivity contribution in [2.24, 2.45) is 5.92 Å². The van der Waals surface area contributed by atoms with Crippen LogP contribution in [0, 0.1) is 5.92 Å². The molecule has 2 heterocycles. The van der Waals surface area contributed by atoms with Crippen molar-refractivity contribution in [3.8, 4) is 0 Å². The van der Waals surface area contributed by atoms with E-state index in [0.29, 0.717) is 0 Å². The summed E-state index contributed by atoms with van der Waals surface area (Å²) in [5, 5.41) is 1.17. The Balaban J connectivity index is 2.04. The molecule has 3 rings (SSSR count). The van der Waals surface area contributed by atoms with Crippen LogP contribution >= 0.6 is 0 Å². The molecule has 1 aliphatic rings. The summed E-state index contributed by atoms with van der Waals surface area (Å²) >= 11 is 0. The minimum absolute atomic E-state index is 0.762. The van der Waals surface area contributed by atoms with Crippen LogP contribution in [-0.2, 0) is 0 Å². The molecule has 0 radical (unpaired) electrons. The van der Waals surface area contributed by atoms with Gasteiger partial charge in [-0.1, -0.05) is 19.1 Å². The van der Waals surface area contributed by atoms with Gasteiger partial charge in [-0.15, -0.1) is 0 Å². The average Bonchev–Trinajstić information content (AvgIpc) is 2.38. The first-order valence-electron chi connectivity index (χ1n) is 6.29. The summed E-state index contributed by atoms with van der Waals surface area (Å²) in [7, 11) is 0. The zero-order valence-corrected chi connectivity index (χ0v) is 10.1. The van der Waals surface area contributed by atoms with E-state index in [-0.39, 0.29) is 0 Å². The highest BCUT2D eigenvalue weighted by molar-refractivity contribution is 5.89. The first-order chi connectivity index (χ1) is 8.34. The van der Waals surface area contributed by atoms with Gasteiger partial charge in [0.15, 0.2) is 0 Å². The van der Waals surface area contributed by atoms with Crippen molar-refractivity contribution < 1.29 is 0 Å². The van der Waals surface area contributed by atoms with Gasteiger partial charge in [-0.3, -0.25) is 0 Å². The number of hydrogen-bond donors (Lipinski definition) is 0. The summed E-state index contributed by atoms with van der Waals surface area (Å²) < 4.78 is 0. The van der Waals surface area contributed by atoms with Gasteiger partial charge in [0.2, 0.25) is 0 Å². The van der Waals surface area contributed by atoms with Crippen LogP contribution in [0.5, 0.6) is 0 Å². The second-order valence-electron chi connectivity index (χ2n) is 4.91. The normalized spacial score (nSPS) is 20.8. The van der Waals surface area contributed by atoms with Crippen LogP contribution in [0.3, 0.4) is 0 Å². The predicted molar refractivity (Wildman–Crippen MR) is 70.1 cm³/mol. The molecule has 1 aromatic carbocycles. The van der Waals surface area contributed by atoms with Crippen molar-refractivity contribution in [3.05, 3.63) is 30.6 Å². The Kier molecular flexibility index (Phi) is 2.67. The van der Waals surface area contributed by atoms with E-state index in [4.69, 9.17) is 0 Å². The van der Waals surface area contributed by atoms with Crippen LogP contribution in [0.1, 0.15) is 19.8 Å². The Bertz CT molecular complexity index is 518. The van der Waals surface area contributed by atoms with E-state index < -0.39 is 0 Å². The quantitative estimate of drug-likeness (QED) is 0.750. The molecule has 1 aromatic heterocycles. The highest BCUT2D eigenvalue weighted by Gasteiger charge is 2.19. The number of fused-ring (bicyclic) bond motifs is 1. The zero-order valence-electron chi connectivity index (χ0n) is 10.1. The highest BCUT2D eigenvalue weighted by atomic mass is 15.2. The molecule has 1 atom stereocenters. The fourth-order valence-electron chi connectivity index (χ4n) is 2.62. The van der Waals surface area contributed by atoms with E-state index in [2.05, 4.69) is 33.9 Å². The SMILES string of the molecule is CC1CCCN(c2ncnc3ccccc23)C1. The number of hydrogen-bond acceptors (Lipinski definition) is 3. The predicted octanol–water partition coefficient (Wildman–Crippen LogP) is 2.87. The van der Waals surface area contributed by atoms with Gasteiger partial charge in [0.05, 0.1) is 5.52 Å². The molecule has 1 aliphatic heterocycles. The molecule has 0 saturated carbocycles. The zero-order chi connectivity index (χ0) is 11.7. The number of aromatic nitrogens is 2. The molecule has 0 bridgehead atoms. The second kappa shape index (κ2) is 4.32. The maximum atomic E-state index is 4.48. The lowest BCUT2D eigenvalue weighted by Crippen LogP contribution is -2.34. The van der Waals surface area contributed by atoms with Gasteiger partial charge >= 0.3 is 0 Å². The van der Waals surface area contributed by atoms with Crippen LogP contribution in [0.15, 0.2) is 30.6 Å². The lowest BCUT2D eigenvalue weighted by Gasteiger charge is -2.32. The number of piperidine rings is 1. The number of benzene rings is 1. The topological polar surface area (TPSA) is 29.0 Å². The van der Waals surface area contributed by atoms with Gasteiger partial charge in [-0.05, 0) is 30.9 Å². The van der Waals surface area contributed by atoms with Gasteiger partial charge in [0.25, 0.3) is 0 Å². The van der Waals surface area contributed by atoms with Gasteiger partial charge in [0, 0.05) is 18.5 Å². The van der Waals surface area contributed by atoms with E-state index in [1.54, 1.807) is 6.33 Å². The molecule has 0 spiro atoms. The van der Waals surface area contributed by atoms with Gasteiger partial charge in [0.1, 0.15) is 12.1 Å². The van der Waals surface area contributed by atoms with Crippen molar-refractivity contribution in [1.82, 2.24) is 9.97 Å². The minimum Gasteiger partial charge on any atom is -0.356 e. The van der Waals surface area contributed by atoms with E-state index in [1.807, 2.05) is 12.1 Å². The molecule has 1 unspecified atom stereocenters. The molecule has 0 aliphatic carbocycles. The fourth-order valence-corrected chi connectivity index (χ4v) is 2.62.